The lowest BCUT2D eigenvalue weighted by Crippen LogP contribution is -2.22. The van der Waals surface area contributed by atoms with Crippen LogP contribution < -0.4 is 5.32 Å². The number of likely N-dealkylation sites (N-methyl/N-ethyl adjacent to an activating group) is 1. The van der Waals surface area contributed by atoms with E-state index in [-0.39, 0.29) is 6.04 Å². The van der Waals surface area contributed by atoms with Crippen LogP contribution in [0.1, 0.15) is 28.8 Å². The molecule has 0 bridgehead atoms. The number of para-hydroxylation sites is 1. The van der Waals surface area contributed by atoms with E-state index in [1.807, 2.05) is 25.2 Å². The largest absolute Gasteiger partial charge is 0.459 e. The molecule has 0 amide bonds. The Morgan fingerprint density at radius 2 is 2.00 bits per heavy atom. The Balaban J connectivity index is 1.92. The number of aryl methyl sites for hydroxylation is 1. The standard InChI is InChI=1S/C17H21N3O/c1-11-12(2)19-20(13(11)3)10-15(18-4)17-9-14-7-5-6-8-16(14)21-17/h5-9,15,18H,10H2,1-4H3. The number of nitrogens with one attached hydrogen (secondary N) is 1. The van der Waals surface area contributed by atoms with E-state index < -0.39 is 0 Å². The topological polar surface area (TPSA) is 43.0 Å². The first-order valence-electron chi connectivity index (χ1n) is 7.26. The second-order valence-corrected chi connectivity index (χ2v) is 5.51. The van der Waals surface area contributed by atoms with Crippen LogP contribution in [0.3, 0.4) is 0 Å². The van der Waals surface area contributed by atoms with Crippen LogP contribution in [0.25, 0.3) is 11.0 Å². The molecule has 1 aromatic carbocycles. The minimum Gasteiger partial charge on any atom is -0.459 e. The van der Waals surface area contributed by atoms with Crippen molar-refractivity contribution in [2.75, 3.05) is 7.05 Å². The summed E-state index contributed by atoms with van der Waals surface area (Å²) in [7, 11) is 1.95. The number of hydrogen-bond acceptors (Lipinski definition) is 3. The van der Waals surface area contributed by atoms with Crippen LogP contribution in [0.4, 0.5) is 0 Å². The van der Waals surface area contributed by atoms with Crippen molar-refractivity contribution in [3.05, 3.63) is 53.0 Å². The molecule has 2 heterocycles. The van der Waals surface area contributed by atoms with Crippen LogP contribution in [0.5, 0.6) is 0 Å². The number of benzene rings is 1. The van der Waals surface area contributed by atoms with Crippen molar-refractivity contribution in [2.24, 2.45) is 0 Å². The summed E-state index contributed by atoms with van der Waals surface area (Å²) in [6.07, 6.45) is 0. The number of hydrogen-bond donors (Lipinski definition) is 1. The van der Waals surface area contributed by atoms with Gasteiger partial charge in [-0.2, -0.15) is 5.10 Å². The summed E-state index contributed by atoms with van der Waals surface area (Å²) in [5.74, 6) is 0.948. The number of nitrogens with zero attached hydrogens (tertiary/aromatic N) is 2. The normalized spacial score (nSPS) is 13.0. The minimum atomic E-state index is 0.106. The number of furan rings is 1. The summed E-state index contributed by atoms with van der Waals surface area (Å²) >= 11 is 0. The molecule has 4 nitrogen and oxygen atoms in total. The van der Waals surface area contributed by atoms with Gasteiger partial charge in [-0.1, -0.05) is 18.2 Å². The Bertz CT molecular complexity index is 737. The Morgan fingerprint density at radius 3 is 2.62 bits per heavy atom. The highest BCUT2D eigenvalue weighted by Gasteiger charge is 2.17. The zero-order chi connectivity index (χ0) is 15.0. The summed E-state index contributed by atoms with van der Waals surface area (Å²) < 4.78 is 8.02. The van der Waals surface area contributed by atoms with Gasteiger partial charge in [0, 0.05) is 11.1 Å². The maximum Gasteiger partial charge on any atom is 0.134 e. The monoisotopic (exact) mass is 283 g/mol. The summed E-state index contributed by atoms with van der Waals surface area (Å²) in [4.78, 5) is 0. The second kappa shape index (κ2) is 5.37. The van der Waals surface area contributed by atoms with Crippen LogP contribution in [0, 0.1) is 20.8 Å². The number of fused-ring (bicyclic) bond motifs is 1. The molecule has 0 aliphatic heterocycles. The van der Waals surface area contributed by atoms with Crippen molar-refractivity contribution in [3.63, 3.8) is 0 Å². The van der Waals surface area contributed by atoms with E-state index >= 15 is 0 Å². The van der Waals surface area contributed by atoms with E-state index in [4.69, 9.17) is 4.42 Å². The third kappa shape index (κ3) is 2.47. The molecule has 0 saturated heterocycles. The summed E-state index contributed by atoms with van der Waals surface area (Å²) in [6.45, 7) is 7.04. The quantitative estimate of drug-likeness (QED) is 0.796. The molecule has 0 aliphatic carbocycles. The summed E-state index contributed by atoms with van der Waals surface area (Å²) in [5, 5.41) is 9.08. The Labute approximate surface area is 124 Å². The van der Waals surface area contributed by atoms with Crippen LogP contribution in [-0.2, 0) is 6.54 Å². The first-order valence-corrected chi connectivity index (χ1v) is 7.26. The van der Waals surface area contributed by atoms with Gasteiger partial charge in [0.1, 0.15) is 11.3 Å². The molecule has 0 aliphatic rings. The molecule has 1 unspecified atom stereocenters. The molecule has 0 radical (unpaired) electrons. The lowest BCUT2D eigenvalue weighted by atomic mass is 10.2. The highest BCUT2D eigenvalue weighted by atomic mass is 16.3. The third-order valence-electron chi connectivity index (χ3n) is 4.24. The van der Waals surface area contributed by atoms with Crippen LogP contribution in [0.2, 0.25) is 0 Å². The SMILES string of the molecule is CNC(Cn1nc(C)c(C)c1C)c1cc2ccccc2o1. The van der Waals surface area contributed by atoms with Crippen LogP contribution >= 0.6 is 0 Å². The average Bonchev–Trinajstić information content (AvgIpc) is 3.02. The molecule has 1 N–H and O–H groups in total. The molecule has 4 heteroatoms. The third-order valence-corrected chi connectivity index (χ3v) is 4.24. The lowest BCUT2D eigenvalue weighted by Gasteiger charge is -2.15. The molecule has 1 atom stereocenters. The first kappa shape index (κ1) is 13.9. The fourth-order valence-corrected chi connectivity index (χ4v) is 2.63. The molecular formula is C17H21N3O. The summed E-state index contributed by atoms with van der Waals surface area (Å²) in [5.41, 5.74) is 4.49. The first-order chi connectivity index (χ1) is 10.1. The molecule has 2 aromatic heterocycles. The van der Waals surface area contributed by atoms with Gasteiger partial charge >= 0.3 is 0 Å². The maximum atomic E-state index is 5.97. The average molecular weight is 283 g/mol. The zero-order valence-corrected chi connectivity index (χ0v) is 13.0. The molecule has 3 aromatic rings. The molecule has 3 rings (SSSR count). The van der Waals surface area contributed by atoms with E-state index in [0.717, 1.165) is 29.0 Å². The van der Waals surface area contributed by atoms with Gasteiger partial charge in [-0.25, -0.2) is 0 Å². The lowest BCUT2D eigenvalue weighted by molar-refractivity contribution is 0.391. The molecular weight excluding hydrogens is 262 g/mol. The predicted molar refractivity (Wildman–Crippen MR) is 84.5 cm³/mol. The fourth-order valence-electron chi connectivity index (χ4n) is 2.63. The van der Waals surface area contributed by atoms with E-state index in [2.05, 4.69) is 48.0 Å². The zero-order valence-electron chi connectivity index (χ0n) is 13.0. The van der Waals surface area contributed by atoms with Gasteiger partial charge in [0.2, 0.25) is 0 Å². The Morgan fingerprint density at radius 1 is 1.24 bits per heavy atom. The second-order valence-electron chi connectivity index (χ2n) is 5.51. The minimum absolute atomic E-state index is 0.106. The van der Waals surface area contributed by atoms with Crippen molar-refractivity contribution >= 4 is 11.0 Å². The van der Waals surface area contributed by atoms with Crippen LogP contribution in [0.15, 0.2) is 34.7 Å². The Hall–Kier alpha value is -2.07. The van der Waals surface area contributed by atoms with E-state index in [0.29, 0.717) is 0 Å². The van der Waals surface area contributed by atoms with Crippen molar-refractivity contribution in [3.8, 4) is 0 Å². The summed E-state index contributed by atoms with van der Waals surface area (Å²) in [6, 6.07) is 10.3. The van der Waals surface area contributed by atoms with E-state index in [9.17, 15) is 0 Å². The molecule has 0 fully saturated rings. The smallest absolute Gasteiger partial charge is 0.134 e. The molecule has 0 saturated carbocycles. The van der Waals surface area contributed by atoms with Gasteiger partial charge in [-0.3, -0.25) is 4.68 Å². The number of aromatic nitrogens is 2. The van der Waals surface area contributed by atoms with E-state index in [1.165, 1.54) is 11.3 Å². The fraction of sp³-hybridized carbons (Fsp3) is 0.353. The maximum absolute atomic E-state index is 5.97. The van der Waals surface area contributed by atoms with Crippen LogP contribution in [-0.4, -0.2) is 16.8 Å². The van der Waals surface area contributed by atoms with E-state index in [1.54, 1.807) is 0 Å². The van der Waals surface area contributed by atoms with Gasteiger partial charge in [0.15, 0.2) is 0 Å². The highest BCUT2D eigenvalue weighted by Crippen LogP contribution is 2.25. The van der Waals surface area contributed by atoms with Gasteiger partial charge in [0.05, 0.1) is 18.3 Å². The van der Waals surface area contributed by atoms with Crippen molar-refractivity contribution in [2.45, 2.75) is 33.4 Å². The molecule has 110 valence electrons. The van der Waals surface area contributed by atoms with Gasteiger partial charge < -0.3 is 9.73 Å². The van der Waals surface area contributed by atoms with Crippen molar-refractivity contribution in [1.29, 1.82) is 0 Å². The molecule has 21 heavy (non-hydrogen) atoms. The highest BCUT2D eigenvalue weighted by molar-refractivity contribution is 5.77. The van der Waals surface area contributed by atoms with Crippen molar-refractivity contribution < 1.29 is 4.42 Å². The van der Waals surface area contributed by atoms with Gasteiger partial charge in [0.25, 0.3) is 0 Å². The van der Waals surface area contributed by atoms with Gasteiger partial charge in [-0.15, -0.1) is 0 Å². The molecule has 0 spiro atoms. The predicted octanol–water partition coefficient (Wildman–Crippen LogP) is 3.52. The number of rotatable bonds is 4. The van der Waals surface area contributed by atoms with Crippen molar-refractivity contribution in [1.82, 2.24) is 15.1 Å². The Kier molecular flexibility index (Phi) is 3.55. The van der Waals surface area contributed by atoms with Gasteiger partial charge in [-0.05, 0) is 45.5 Å².